The van der Waals surface area contributed by atoms with Gasteiger partial charge in [0, 0.05) is 12.7 Å². The average Bonchev–Trinajstić information content (AvgIpc) is 2.90. The van der Waals surface area contributed by atoms with E-state index in [1.54, 1.807) is 18.3 Å². The van der Waals surface area contributed by atoms with E-state index in [4.69, 9.17) is 4.74 Å². The van der Waals surface area contributed by atoms with Crippen molar-refractivity contribution in [1.29, 1.82) is 0 Å². The van der Waals surface area contributed by atoms with E-state index in [2.05, 4.69) is 24.3 Å². The number of ether oxygens (including phenoxy) is 1. The van der Waals surface area contributed by atoms with Crippen LogP contribution in [0.4, 0.5) is 4.39 Å². The van der Waals surface area contributed by atoms with Crippen molar-refractivity contribution in [3.05, 3.63) is 47.5 Å². The Balaban J connectivity index is 1.96. The smallest absolute Gasteiger partial charge is 0.246 e. The van der Waals surface area contributed by atoms with Crippen molar-refractivity contribution in [2.24, 2.45) is 5.41 Å². The fraction of sp³-hybridized carbons (Fsp3) is 0.444. The van der Waals surface area contributed by atoms with E-state index in [0.29, 0.717) is 0 Å². The van der Waals surface area contributed by atoms with Gasteiger partial charge in [0.25, 0.3) is 0 Å². The number of hydrogen-bond acceptors (Lipinski definition) is 3. The molecule has 1 aromatic carbocycles. The maximum Gasteiger partial charge on any atom is 0.246 e. The van der Waals surface area contributed by atoms with Crippen LogP contribution in [0.2, 0.25) is 0 Å². The highest BCUT2D eigenvalue weighted by atomic mass is 19.1. The fourth-order valence-electron chi connectivity index (χ4n) is 3.34. The van der Waals surface area contributed by atoms with Gasteiger partial charge in [-0.15, -0.1) is 0 Å². The lowest BCUT2D eigenvalue weighted by atomic mass is 9.74. The van der Waals surface area contributed by atoms with Gasteiger partial charge in [-0.1, -0.05) is 13.8 Å². The number of aromatic nitrogens is 2. The summed E-state index contributed by atoms with van der Waals surface area (Å²) >= 11 is 0. The monoisotopic (exact) mass is 331 g/mol. The molecule has 1 aromatic heterocycles. The third-order valence-electron chi connectivity index (χ3n) is 4.36. The van der Waals surface area contributed by atoms with Gasteiger partial charge in [0.05, 0.1) is 23.6 Å². The van der Waals surface area contributed by atoms with Gasteiger partial charge in [-0.05, 0) is 42.5 Å². The molecule has 1 aliphatic rings. The predicted octanol–water partition coefficient (Wildman–Crippen LogP) is 2.79. The molecular weight excluding hydrogens is 309 g/mol. The summed E-state index contributed by atoms with van der Waals surface area (Å²) in [6, 6.07) is 6.18. The molecule has 0 fully saturated rings. The summed E-state index contributed by atoms with van der Waals surface area (Å²) in [5, 5.41) is 7.51. The largest absolute Gasteiger partial charge is 0.375 e. The second-order valence-corrected chi connectivity index (χ2v) is 7.03. The third-order valence-corrected chi connectivity index (χ3v) is 4.36. The number of amides is 1. The van der Waals surface area contributed by atoms with Crippen LogP contribution in [0.5, 0.6) is 0 Å². The maximum absolute atomic E-state index is 13.2. The molecule has 128 valence electrons. The van der Waals surface area contributed by atoms with Gasteiger partial charge in [-0.2, -0.15) is 5.10 Å². The number of halogens is 1. The Hall–Kier alpha value is -2.21. The molecule has 0 unspecified atom stereocenters. The van der Waals surface area contributed by atoms with Crippen LogP contribution < -0.4 is 5.32 Å². The van der Waals surface area contributed by atoms with Crippen molar-refractivity contribution in [2.45, 2.75) is 32.7 Å². The minimum atomic E-state index is -0.273. The van der Waals surface area contributed by atoms with Crippen LogP contribution in [-0.2, 0) is 16.0 Å². The number of rotatable bonds is 4. The molecule has 3 rings (SSSR count). The summed E-state index contributed by atoms with van der Waals surface area (Å²) in [6.45, 7) is 4.39. The van der Waals surface area contributed by atoms with Gasteiger partial charge >= 0.3 is 0 Å². The fourth-order valence-corrected chi connectivity index (χ4v) is 3.34. The first-order chi connectivity index (χ1) is 11.4. The number of methoxy groups -OCH3 is 1. The van der Waals surface area contributed by atoms with Crippen molar-refractivity contribution in [3.63, 3.8) is 0 Å². The van der Waals surface area contributed by atoms with Crippen molar-refractivity contribution in [2.75, 3.05) is 13.7 Å². The summed E-state index contributed by atoms with van der Waals surface area (Å²) in [5.41, 5.74) is 2.91. The normalized spacial score (nSPS) is 18.9. The molecule has 24 heavy (non-hydrogen) atoms. The Morgan fingerprint density at radius 2 is 2.12 bits per heavy atom. The lowest BCUT2D eigenvalue weighted by Crippen LogP contribution is -2.38. The predicted molar refractivity (Wildman–Crippen MR) is 88.4 cm³/mol. The van der Waals surface area contributed by atoms with Gasteiger partial charge in [0.1, 0.15) is 12.4 Å². The minimum absolute atomic E-state index is 0.0236. The van der Waals surface area contributed by atoms with E-state index in [0.717, 1.165) is 29.8 Å². The number of carbonyl (C=O) groups excluding carboxylic acids is 1. The average molecular weight is 331 g/mol. The summed E-state index contributed by atoms with van der Waals surface area (Å²) < 4.78 is 19.9. The highest BCUT2D eigenvalue weighted by Crippen LogP contribution is 2.41. The standard InChI is InChI=1S/C18H22FN3O2/c1-18(2)8-15(21-17(23)11-24-3)14-10-20-22(16(14)9-18)13-6-4-12(19)5-7-13/h4-7,10,15H,8-9,11H2,1-3H3,(H,21,23)/t15-/m0/s1. The first kappa shape index (κ1) is 16.6. The summed E-state index contributed by atoms with van der Waals surface area (Å²) in [4.78, 5) is 11.9. The molecule has 1 heterocycles. The molecule has 0 spiro atoms. The van der Waals surface area contributed by atoms with E-state index in [1.807, 2.05) is 4.68 Å². The number of fused-ring (bicyclic) bond motifs is 1. The lowest BCUT2D eigenvalue weighted by Gasteiger charge is -2.36. The van der Waals surface area contributed by atoms with E-state index in [1.165, 1.54) is 19.2 Å². The quantitative estimate of drug-likeness (QED) is 0.937. The van der Waals surface area contributed by atoms with E-state index in [-0.39, 0.29) is 29.8 Å². The lowest BCUT2D eigenvalue weighted by molar-refractivity contribution is -0.125. The molecule has 2 aromatic rings. The van der Waals surface area contributed by atoms with E-state index >= 15 is 0 Å². The van der Waals surface area contributed by atoms with E-state index in [9.17, 15) is 9.18 Å². The molecule has 0 saturated carbocycles. The van der Waals surface area contributed by atoms with Crippen molar-refractivity contribution in [3.8, 4) is 5.69 Å². The Kier molecular flexibility index (Phi) is 4.41. The van der Waals surface area contributed by atoms with Crippen molar-refractivity contribution in [1.82, 2.24) is 15.1 Å². The molecule has 6 heteroatoms. The van der Waals surface area contributed by atoms with Gasteiger partial charge in [-0.3, -0.25) is 4.79 Å². The molecule has 1 N–H and O–H groups in total. The van der Waals surface area contributed by atoms with Crippen molar-refractivity contribution < 1.29 is 13.9 Å². The number of nitrogens with one attached hydrogen (secondary N) is 1. The Morgan fingerprint density at radius 3 is 2.79 bits per heavy atom. The molecule has 1 aliphatic carbocycles. The maximum atomic E-state index is 13.2. The van der Waals surface area contributed by atoms with Crippen LogP contribution in [-0.4, -0.2) is 29.4 Å². The van der Waals surface area contributed by atoms with Crippen LogP contribution in [0.15, 0.2) is 30.5 Å². The van der Waals surface area contributed by atoms with Gasteiger partial charge in [-0.25, -0.2) is 9.07 Å². The van der Waals surface area contributed by atoms with Gasteiger partial charge in [0.2, 0.25) is 5.91 Å². The number of benzene rings is 1. The first-order valence-corrected chi connectivity index (χ1v) is 8.01. The second kappa shape index (κ2) is 6.36. The van der Waals surface area contributed by atoms with Crippen LogP contribution >= 0.6 is 0 Å². The van der Waals surface area contributed by atoms with Crippen LogP contribution in [0.25, 0.3) is 5.69 Å². The second-order valence-electron chi connectivity index (χ2n) is 7.03. The summed E-state index contributed by atoms with van der Waals surface area (Å²) in [5.74, 6) is -0.412. The number of nitrogens with zero attached hydrogens (tertiary/aromatic N) is 2. The topological polar surface area (TPSA) is 56.1 Å². The summed E-state index contributed by atoms with van der Waals surface area (Å²) in [7, 11) is 1.50. The Labute approximate surface area is 140 Å². The zero-order valence-electron chi connectivity index (χ0n) is 14.2. The zero-order valence-corrected chi connectivity index (χ0v) is 14.2. The highest BCUT2D eigenvalue weighted by Gasteiger charge is 2.35. The highest BCUT2D eigenvalue weighted by molar-refractivity contribution is 5.77. The van der Waals surface area contributed by atoms with Crippen molar-refractivity contribution >= 4 is 5.91 Å². The van der Waals surface area contributed by atoms with E-state index < -0.39 is 0 Å². The number of carbonyl (C=O) groups is 1. The van der Waals surface area contributed by atoms with Crippen LogP contribution in [0, 0.1) is 11.2 Å². The zero-order chi connectivity index (χ0) is 17.3. The SMILES string of the molecule is COCC(=O)N[C@H]1CC(C)(C)Cc2c1cnn2-c1ccc(F)cc1. The summed E-state index contributed by atoms with van der Waals surface area (Å²) in [6.07, 6.45) is 3.48. The van der Waals surface area contributed by atoms with Crippen LogP contribution in [0.3, 0.4) is 0 Å². The number of hydrogen-bond donors (Lipinski definition) is 1. The Morgan fingerprint density at radius 1 is 1.42 bits per heavy atom. The Bertz CT molecular complexity index is 737. The third kappa shape index (κ3) is 3.33. The van der Waals surface area contributed by atoms with Gasteiger partial charge in [0.15, 0.2) is 0 Å². The molecule has 5 nitrogen and oxygen atoms in total. The molecule has 0 bridgehead atoms. The molecule has 0 radical (unpaired) electrons. The molecule has 0 aliphatic heterocycles. The van der Waals surface area contributed by atoms with Gasteiger partial charge < -0.3 is 10.1 Å². The first-order valence-electron chi connectivity index (χ1n) is 8.01. The van der Waals surface area contributed by atoms with Crippen LogP contribution in [0.1, 0.15) is 37.6 Å². The molecule has 0 saturated heterocycles. The minimum Gasteiger partial charge on any atom is -0.375 e. The molecule has 1 atom stereocenters. The molecular formula is C18H22FN3O2. The molecule has 1 amide bonds.